The Kier molecular flexibility index (Phi) is 5.12. The number of aliphatic hydroxyl groups excluding tert-OH is 1. The standard InChI is InChI=1S/C13H18N2O6S/c1-10-2-3-12(8-13(10)15(17)18)22(19,20)14-5-7-21-9-11(14)4-6-16/h2-3,8,11,16H,4-7,9H2,1H3. The average molecular weight is 330 g/mol. The SMILES string of the molecule is Cc1ccc(S(=O)(=O)N2CCOCC2CCO)cc1[N+](=O)[O-]. The van der Waals surface area contributed by atoms with E-state index in [0.29, 0.717) is 5.56 Å². The molecule has 9 heteroatoms. The molecule has 0 bridgehead atoms. The minimum Gasteiger partial charge on any atom is -0.396 e. The van der Waals surface area contributed by atoms with E-state index < -0.39 is 21.0 Å². The third kappa shape index (κ3) is 3.27. The molecule has 8 nitrogen and oxygen atoms in total. The Bertz CT molecular complexity index is 658. The molecule has 0 aromatic heterocycles. The Morgan fingerprint density at radius 3 is 2.86 bits per heavy atom. The van der Waals surface area contributed by atoms with Crippen molar-refractivity contribution in [2.75, 3.05) is 26.4 Å². The lowest BCUT2D eigenvalue weighted by Crippen LogP contribution is -2.48. The van der Waals surface area contributed by atoms with Crippen LogP contribution >= 0.6 is 0 Å². The summed E-state index contributed by atoms with van der Waals surface area (Å²) in [5.41, 5.74) is 0.172. The van der Waals surface area contributed by atoms with Crippen LogP contribution in [0.1, 0.15) is 12.0 Å². The molecule has 1 aliphatic rings. The van der Waals surface area contributed by atoms with Crippen LogP contribution in [0, 0.1) is 17.0 Å². The lowest BCUT2D eigenvalue weighted by atomic mass is 10.2. The minimum atomic E-state index is -3.87. The molecule has 1 unspecified atom stereocenters. The number of morpholine rings is 1. The molecule has 2 rings (SSSR count). The fourth-order valence-corrected chi connectivity index (χ4v) is 4.06. The van der Waals surface area contributed by atoms with Crippen LogP contribution in [0.5, 0.6) is 0 Å². The molecule has 0 amide bonds. The second kappa shape index (κ2) is 6.69. The van der Waals surface area contributed by atoms with Crippen LogP contribution in [-0.4, -0.2) is 55.2 Å². The van der Waals surface area contributed by atoms with Gasteiger partial charge in [0.05, 0.1) is 29.1 Å². The van der Waals surface area contributed by atoms with E-state index in [9.17, 15) is 18.5 Å². The second-order valence-electron chi connectivity index (χ2n) is 5.06. The molecular formula is C13H18N2O6S. The summed E-state index contributed by atoms with van der Waals surface area (Å²) < 4.78 is 32.0. The summed E-state index contributed by atoms with van der Waals surface area (Å²) in [6.45, 7) is 2.02. The highest BCUT2D eigenvalue weighted by atomic mass is 32.2. The Hall–Kier alpha value is -1.55. The van der Waals surface area contributed by atoms with Crippen LogP contribution in [-0.2, 0) is 14.8 Å². The Morgan fingerprint density at radius 1 is 1.50 bits per heavy atom. The molecular weight excluding hydrogens is 312 g/mol. The number of rotatable bonds is 5. The number of benzene rings is 1. The van der Waals surface area contributed by atoms with E-state index in [1.165, 1.54) is 16.4 Å². The van der Waals surface area contributed by atoms with Gasteiger partial charge in [-0.1, -0.05) is 6.07 Å². The maximum Gasteiger partial charge on any atom is 0.273 e. The minimum absolute atomic E-state index is 0.116. The van der Waals surface area contributed by atoms with Crippen molar-refractivity contribution < 1.29 is 23.2 Å². The highest BCUT2D eigenvalue weighted by molar-refractivity contribution is 7.89. The van der Waals surface area contributed by atoms with Crippen LogP contribution in [0.3, 0.4) is 0 Å². The normalized spacial score (nSPS) is 20.0. The number of hydrogen-bond acceptors (Lipinski definition) is 6. The zero-order valence-electron chi connectivity index (χ0n) is 12.1. The second-order valence-corrected chi connectivity index (χ2v) is 6.95. The van der Waals surface area contributed by atoms with E-state index >= 15 is 0 Å². The molecule has 1 saturated heterocycles. The van der Waals surface area contributed by atoms with Crippen molar-refractivity contribution >= 4 is 15.7 Å². The Morgan fingerprint density at radius 2 is 2.23 bits per heavy atom. The van der Waals surface area contributed by atoms with Crippen LogP contribution in [0.25, 0.3) is 0 Å². The number of sulfonamides is 1. The van der Waals surface area contributed by atoms with Crippen molar-refractivity contribution in [1.82, 2.24) is 4.31 Å². The number of aliphatic hydroxyl groups is 1. The fourth-order valence-electron chi connectivity index (χ4n) is 2.41. The quantitative estimate of drug-likeness (QED) is 0.628. The number of aryl methyl sites for hydroxylation is 1. The van der Waals surface area contributed by atoms with E-state index in [1.54, 1.807) is 6.92 Å². The van der Waals surface area contributed by atoms with Crippen LogP contribution in [0.15, 0.2) is 23.1 Å². The summed E-state index contributed by atoms with van der Waals surface area (Å²) >= 11 is 0. The van der Waals surface area contributed by atoms with Crippen molar-refractivity contribution in [3.63, 3.8) is 0 Å². The summed E-state index contributed by atoms with van der Waals surface area (Å²) in [5, 5.41) is 20.0. The molecule has 1 N–H and O–H groups in total. The monoisotopic (exact) mass is 330 g/mol. The lowest BCUT2D eigenvalue weighted by molar-refractivity contribution is -0.385. The molecule has 1 fully saturated rings. The van der Waals surface area contributed by atoms with Crippen LogP contribution in [0.2, 0.25) is 0 Å². The van der Waals surface area contributed by atoms with Gasteiger partial charge in [0.15, 0.2) is 0 Å². The van der Waals surface area contributed by atoms with Gasteiger partial charge < -0.3 is 9.84 Å². The number of nitro benzene ring substituents is 1. The van der Waals surface area contributed by atoms with Gasteiger partial charge in [-0.2, -0.15) is 4.31 Å². The largest absolute Gasteiger partial charge is 0.396 e. The first-order valence-corrected chi connectivity index (χ1v) is 8.27. The third-order valence-electron chi connectivity index (χ3n) is 3.62. The first-order chi connectivity index (χ1) is 10.4. The molecule has 0 saturated carbocycles. The molecule has 0 radical (unpaired) electrons. The van der Waals surface area contributed by atoms with Crippen molar-refractivity contribution in [3.05, 3.63) is 33.9 Å². The highest BCUT2D eigenvalue weighted by Crippen LogP contribution is 2.27. The van der Waals surface area contributed by atoms with Crippen molar-refractivity contribution in [2.45, 2.75) is 24.3 Å². The van der Waals surface area contributed by atoms with Crippen LogP contribution < -0.4 is 0 Å². The van der Waals surface area contributed by atoms with Gasteiger partial charge in [-0.3, -0.25) is 10.1 Å². The summed E-state index contributed by atoms with van der Waals surface area (Å²) in [4.78, 5) is 10.3. The molecule has 1 aromatic carbocycles. The van der Waals surface area contributed by atoms with E-state index in [1.807, 2.05) is 0 Å². The molecule has 1 atom stereocenters. The molecule has 1 heterocycles. The Labute approximate surface area is 128 Å². The maximum absolute atomic E-state index is 12.7. The third-order valence-corrected chi connectivity index (χ3v) is 5.57. The van der Waals surface area contributed by atoms with Gasteiger partial charge in [0.25, 0.3) is 5.69 Å². The molecule has 22 heavy (non-hydrogen) atoms. The maximum atomic E-state index is 12.7. The molecule has 0 spiro atoms. The van der Waals surface area contributed by atoms with Gasteiger partial charge in [-0.05, 0) is 19.4 Å². The van der Waals surface area contributed by atoms with Crippen molar-refractivity contribution in [2.24, 2.45) is 0 Å². The summed E-state index contributed by atoms with van der Waals surface area (Å²) in [6, 6.07) is 3.40. The van der Waals surface area contributed by atoms with Gasteiger partial charge in [0, 0.05) is 24.8 Å². The predicted molar refractivity (Wildman–Crippen MR) is 78.0 cm³/mol. The Balaban J connectivity index is 2.40. The zero-order chi connectivity index (χ0) is 16.3. The molecule has 1 aromatic rings. The zero-order valence-corrected chi connectivity index (χ0v) is 13.0. The summed E-state index contributed by atoms with van der Waals surface area (Å²) in [6.07, 6.45) is 0.257. The fraction of sp³-hybridized carbons (Fsp3) is 0.538. The molecule has 1 aliphatic heterocycles. The molecule has 122 valence electrons. The van der Waals surface area contributed by atoms with E-state index in [-0.39, 0.29) is 43.4 Å². The van der Waals surface area contributed by atoms with Crippen molar-refractivity contribution in [3.8, 4) is 0 Å². The highest BCUT2D eigenvalue weighted by Gasteiger charge is 2.34. The smallest absolute Gasteiger partial charge is 0.273 e. The first-order valence-electron chi connectivity index (χ1n) is 6.83. The molecule has 0 aliphatic carbocycles. The van der Waals surface area contributed by atoms with Gasteiger partial charge in [-0.15, -0.1) is 0 Å². The van der Waals surface area contributed by atoms with Crippen LogP contribution in [0.4, 0.5) is 5.69 Å². The van der Waals surface area contributed by atoms with E-state index in [4.69, 9.17) is 9.84 Å². The number of nitrogens with zero attached hydrogens (tertiary/aromatic N) is 2. The summed E-state index contributed by atoms with van der Waals surface area (Å²) in [5.74, 6) is 0. The predicted octanol–water partition coefficient (Wildman–Crippen LogP) is 0.675. The number of nitro groups is 1. The first kappa shape index (κ1) is 16.8. The van der Waals surface area contributed by atoms with Gasteiger partial charge in [0.2, 0.25) is 10.0 Å². The van der Waals surface area contributed by atoms with E-state index in [2.05, 4.69) is 0 Å². The average Bonchev–Trinajstić information content (AvgIpc) is 2.48. The number of ether oxygens (including phenoxy) is 1. The van der Waals surface area contributed by atoms with Gasteiger partial charge in [0.1, 0.15) is 0 Å². The van der Waals surface area contributed by atoms with Gasteiger partial charge in [-0.25, -0.2) is 8.42 Å². The van der Waals surface area contributed by atoms with Crippen molar-refractivity contribution in [1.29, 1.82) is 0 Å². The topological polar surface area (TPSA) is 110 Å². The lowest BCUT2D eigenvalue weighted by Gasteiger charge is -2.34. The van der Waals surface area contributed by atoms with E-state index in [0.717, 1.165) is 6.07 Å². The number of hydrogen-bond donors (Lipinski definition) is 1. The summed E-state index contributed by atoms with van der Waals surface area (Å²) in [7, 11) is -3.87. The van der Waals surface area contributed by atoms with Gasteiger partial charge >= 0.3 is 0 Å².